The fraction of sp³-hybridized carbons (Fsp3) is 0.625. The Labute approximate surface area is 117 Å². The first kappa shape index (κ1) is 16.0. The molecule has 0 radical (unpaired) electrons. The molecule has 2 atom stereocenters. The number of aliphatic hydroxyl groups is 1. The first-order valence-electron chi connectivity index (χ1n) is 7.22. The van der Waals surface area contributed by atoms with Gasteiger partial charge in [-0.05, 0) is 43.9 Å². The first-order chi connectivity index (χ1) is 9.08. The fourth-order valence-electron chi connectivity index (χ4n) is 2.28. The minimum atomic E-state index is 0.278. The smallest absolute Gasteiger partial charge is 0.0431 e. The van der Waals surface area contributed by atoms with Crippen LogP contribution in [0, 0.1) is 0 Å². The van der Waals surface area contributed by atoms with Crippen molar-refractivity contribution in [1.29, 1.82) is 0 Å². The summed E-state index contributed by atoms with van der Waals surface area (Å²) in [6.45, 7) is 4.67. The van der Waals surface area contributed by atoms with Gasteiger partial charge in [-0.2, -0.15) is 0 Å². The average Bonchev–Trinajstić information content (AvgIpc) is 2.42. The van der Waals surface area contributed by atoms with E-state index in [9.17, 15) is 0 Å². The van der Waals surface area contributed by atoms with Gasteiger partial charge < -0.3 is 15.3 Å². The Balaban J connectivity index is 2.63. The van der Waals surface area contributed by atoms with Crippen molar-refractivity contribution < 1.29 is 5.11 Å². The third kappa shape index (κ3) is 5.21. The highest BCUT2D eigenvalue weighted by Gasteiger charge is 2.12. The summed E-state index contributed by atoms with van der Waals surface area (Å²) < 4.78 is 0. The van der Waals surface area contributed by atoms with Crippen molar-refractivity contribution in [2.24, 2.45) is 0 Å². The maximum Gasteiger partial charge on any atom is 0.0431 e. The zero-order valence-electron chi connectivity index (χ0n) is 12.7. The highest BCUT2D eigenvalue weighted by atomic mass is 16.2. The van der Waals surface area contributed by atoms with Crippen LogP contribution in [0.4, 0.5) is 5.69 Å². The predicted molar refractivity (Wildman–Crippen MR) is 82.7 cm³/mol. The van der Waals surface area contributed by atoms with Gasteiger partial charge in [0.25, 0.3) is 0 Å². The molecule has 0 heterocycles. The summed E-state index contributed by atoms with van der Waals surface area (Å²) in [5, 5.41) is 12.5. The van der Waals surface area contributed by atoms with E-state index in [1.54, 1.807) is 0 Å². The van der Waals surface area contributed by atoms with E-state index in [1.807, 2.05) is 0 Å². The number of benzene rings is 1. The van der Waals surface area contributed by atoms with Crippen LogP contribution in [0.5, 0.6) is 0 Å². The van der Waals surface area contributed by atoms with Gasteiger partial charge in [-0.15, -0.1) is 0 Å². The van der Waals surface area contributed by atoms with Gasteiger partial charge in [-0.25, -0.2) is 0 Å². The van der Waals surface area contributed by atoms with Gasteiger partial charge in [0.1, 0.15) is 0 Å². The molecule has 19 heavy (non-hydrogen) atoms. The second-order valence-electron chi connectivity index (χ2n) is 5.38. The molecule has 0 spiro atoms. The molecule has 0 aliphatic heterocycles. The van der Waals surface area contributed by atoms with Gasteiger partial charge >= 0.3 is 0 Å². The molecule has 0 aliphatic carbocycles. The van der Waals surface area contributed by atoms with Crippen LogP contribution in [-0.2, 0) is 0 Å². The van der Waals surface area contributed by atoms with Gasteiger partial charge in [-0.3, -0.25) is 0 Å². The van der Waals surface area contributed by atoms with Gasteiger partial charge in [0, 0.05) is 38.5 Å². The largest absolute Gasteiger partial charge is 0.396 e. The average molecular weight is 264 g/mol. The molecule has 0 bridgehead atoms. The molecule has 1 rings (SSSR count). The highest BCUT2D eigenvalue weighted by molar-refractivity contribution is 5.46. The number of nitrogens with zero attached hydrogens (tertiary/aromatic N) is 1. The molecular weight excluding hydrogens is 236 g/mol. The van der Waals surface area contributed by atoms with E-state index < -0.39 is 0 Å². The molecule has 2 N–H and O–H groups in total. The number of rotatable bonds is 8. The Morgan fingerprint density at radius 1 is 1.21 bits per heavy atom. The summed E-state index contributed by atoms with van der Waals surface area (Å²) in [6, 6.07) is 9.57. The minimum Gasteiger partial charge on any atom is -0.396 e. The number of hydrogen-bond acceptors (Lipinski definition) is 3. The molecule has 2 unspecified atom stereocenters. The summed E-state index contributed by atoms with van der Waals surface area (Å²) in [4.78, 5) is 2.11. The van der Waals surface area contributed by atoms with Crippen molar-refractivity contribution in [2.75, 3.05) is 25.6 Å². The van der Waals surface area contributed by atoms with Gasteiger partial charge in [0.2, 0.25) is 0 Å². The molecule has 0 aromatic heterocycles. The van der Waals surface area contributed by atoms with Gasteiger partial charge in [0.15, 0.2) is 0 Å². The summed E-state index contributed by atoms with van der Waals surface area (Å²) in [6.07, 6.45) is 2.96. The van der Waals surface area contributed by atoms with Crippen molar-refractivity contribution in [3.05, 3.63) is 29.8 Å². The number of aliphatic hydroxyl groups excluding tert-OH is 1. The van der Waals surface area contributed by atoms with E-state index in [4.69, 9.17) is 5.11 Å². The molecule has 0 fully saturated rings. The van der Waals surface area contributed by atoms with Crippen LogP contribution in [0.3, 0.4) is 0 Å². The van der Waals surface area contributed by atoms with Crippen molar-refractivity contribution in [3.8, 4) is 0 Å². The molecule has 3 heteroatoms. The summed E-state index contributed by atoms with van der Waals surface area (Å²) in [5.74, 6) is 0. The number of anilines is 1. The maximum atomic E-state index is 8.87. The van der Waals surface area contributed by atoms with E-state index in [-0.39, 0.29) is 6.61 Å². The fourth-order valence-corrected chi connectivity index (χ4v) is 2.28. The molecule has 1 aromatic rings. The summed E-state index contributed by atoms with van der Waals surface area (Å²) in [7, 11) is 4.11. The molecule has 0 amide bonds. The lowest BCUT2D eigenvalue weighted by Crippen LogP contribution is -2.30. The molecule has 0 saturated carbocycles. The van der Waals surface area contributed by atoms with E-state index >= 15 is 0 Å². The first-order valence-corrected chi connectivity index (χ1v) is 7.22. The lowest BCUT2D eigenvalue weighted by Gasteiger charge is -2.23. The Bertz CT molecular complexity index is 348. The third-order valence-electron chi connectivity index (χ3n) is 3.50. The Kier molecular flexibility index (Phi) is 6.89. The van der Waals surface area contributed by atoms with Gasteiger partial charge in [0.05, 0.1) is 0 Å². The second kappa shape index (κ2) is 8.18. The summed E-state index contributed by atoms with van der Waals surface area (Å²) in [5.41, 5.74) is 2.57. The van der Waals surface area contributed by atoms with E-state index in [2.05, 4.69) is 62.4 Å². The SMILES string of the molecule is CCC(NC(C)CCCO)c1ccc(N(C)C)cc1. The lowest BCUT2D eigenvalue weighted by molar-refractivity contribution is 0.273. The van der Waals surface area contributed by atoms with Crippen LogP contribution in [0.1, 0.15) is 44.7 Å². The lowest BCUT2D eigenvalue weighted by atomic mass is 10.0. The Morgan fingerprint density at radius 2 is 1.84 bits per heavy atom. The highest BCUT2D eigenvalue weighted by Crippen LogP contribution is 2.21. The van der Waals surface area contributed by atoms with E-state index in [1.165, 1.54) is 11.3 Å². The van der Waals surface area contributed by atoms with Crippen LogP contribution in [0.15, 0.2) is 24.3 Å². The predicted octanol–water partition coefficient (Wildman–Crippen LogP) is 2.95. The third-order valence-corrected chi connectivity index (χ3v) is 3.50. The van der Waals surface area contributed by atoms with Crippen LogP contribution in [-0.4, -0.2) is 31.9 Å². The summed E-state index contributed by atoms with van der Waals surface area (Å²) >= 11 is 0. The Morgan fingerprint density at radius 3 is 2.32 bits per heavy atom. The van der Waals surface area contributed by atoms with Crippen LogP contribution in [0.25, 0.3) is 0 Å². The van der Waals surface area contributed by atoms with Crippen LogP contribution in [0.2, 0.25) is 0 Å². The van der Waals surface area contributed by atoms with Crippen molar-refractivity contribution >= 4 is 5.69 Å². The topological polar surface area (TPSA) is 35.5 Å². The molecular formula is C16H28N2O. The molecule has 0 saturated heterocycles. The normalized spacial score (nSPS) is 14.2. The maximum absolute atomic E-state index is 8.87. The van der Waals surface area contributed by atoms with Crippen molar-refractivity contribution in [3.63, 3.8) is 0 Å². The number of nitrogens with one attached hydrogen (secondary N) is 1. The standard InChI is InChI=1S/C16H28N2O/c1-5-16(17-13(2)7-6-12-19)14-8-10-15(11-9-14)18(3)4/h8-11,13,16-17,19H,5-7,12H2,1-4H3. The molecule has 3 nitrogen and oxygen atoms in total. The Hall–Kier alpha value is -1.06. The van der Waals surface area contributed by atoms with Crippen molar-refractivity contribution in [2.45, 2.75) is 45.2 Å². The molecule has 108 valence electrons. The molecule has 0 aliphatic rings. The van der Waals surface area contributed by atoms with E-state index in [0.717, 1.165) is 19.3 Å². The van der Waals surface area contributed by atoms with E-state index in [0.29, 0.717) is 12.1 Å². The second-order valence-corrected chi connectivity index (χ2v) is 5.38. The zero-order valence-corrected chi connectivity index (χ0v) is 12.7. The van der Waals surface area contributed by atoms with Gasteiger partial charge in [-0.1, -0.05) is 19.1 Å². The van der Waals surface area contributed by atoms with Crippen molar-refractivity contribution in [1.82, 2.24) is 5.32 Å². The van der Waals surface area contributed by atoms with Crippen LogP contribution >= 0.6 is 0 Å². The molecule has 1 aromatic carbocycles. The number of hydrogen-bond donors (Lipinski definition) is 2. The monoisotopic (exact) mass is 264 g/mol. The minimum absolute atomic E-state index is 0.278. The van der Waals surface area contributed by atoms with Crippen LogP contribution < -0.4 is 10.2 Å². The zero-order chi connectivity index (χ0) is 14.3. The quantitative estimate of drug-likeness (QED) is 0.758.